The van der Waals surface area contributed by atoms with Crippen LogP contribution in [-0.4, -0.2) is 29.9 Å². The fourth-order valence-corrected chi connectivity index (χ4v) is 4.81. The molecule has 0 aliphatic rings. The van der Waals surface area contributed by atoms with Crippen LogP contribution in [0.15, 0.2) is 60.9 Å². The van der Waals surface area contributed by atoms with Crippen molar-refractivity contribution < 1.29 is 36.8 Å². The molecule has 0 bridgehead atoms. The van der Waals surface area contributed by atoms with Gasteiger partial charge >= 0.3 is 12.3 Å². The third kappa shape index (κ3) is 6.57. The molecule has 40 heavy (non-hydrogen) atoms. The van der Waals surface area contributed by atoms with Crippen molar-refractivity contribution in [3.05, 3.63) is 83.6 Å². The number of alkyl halides is 3. The van der Waals surface area contributed by atoms with E-state index in [1.807, 2.05) is 0 Å². The molecule has 2 N–H and O–H groups in total. The number of rotatable bonds is 9. The topological polar surface area (TPSA) is 99.4 Å². The third-order valence-corrected chi connectivity index (χ3v) is 7.55. The molecular formula is C28H27F4N3O4S. The molecule has 212 valence electrons. The molecule has 0 saturated carbocycles. The van der Waals surface area contributed by atoms with E-state index in [0.717, 1.165) is 6.20 Å². The predicted octanol–water partition coefficient (Wildman–Crippen LogP) is 6.08. The van der Waals surface area contributed by atoms with Crippen LogP contribution in [0.5, 0.6) is 5.75 Å². The summed E-state index contributed by atoms with van der Waals surface area (Å²) in [5.74, 6) is -1.55. The van der Waals surface area contributed by atoms with E-state index in [4.69, 9.17) is 4.74 Å². The normalized spacial score (nSPS) is 13.0. The lowest BCUT2D eigenvalue weighted by atomic mass is 9.98. The number of pyridine rings is 1. The molecule has 2 heterocycles. The zero-order chi connectivity index (χ0) is 29.2. The Labute approximate surface area is 231 Å². The molecule has 0 radical (unpaired) electrons. The van der Waals surface area contributed by atoms with Gasteiger partial charge in [-0.2, -0.15) is 0 Å². The van der Waals surface area contributed by atoms with E-state index in [1.165, 1.54) is 30.5 Å². The first-order valence-electron chi connectivity index (χ1n) is 12.2. The summed E-state index contributed by atoms with van der Waals surface area (Å²) in [6.45, 7) is 4.91. The van der Waals surface area contributed by atoms with Crippen LogP contribution in [0.2, 0.25) is 0 Å². The molecule has 2 aromatic carbocycles. The number of fused-ring (bicyclic) bond motifs is 1. The smallest absolute Gasteiger partial charge is 0.488 e. The van der Waals surface area contributed by atoms with Gasteiger partial charge in [-0.15, -0.1) is 17.9 Å². The highest BCUT2D eigenvalue weighted by molar-refractivity contribution is 7.90. The van der Waals surface area contributed by atoms with Gasteiger partial charge < -0.3 is 14.4 Å². The molecular weight excluding hydrogens is 550 g/mol. The summed E-state index contributed by atoms with van der Waals surface area (Å²) >= 11 is -1.49. The van der Waals surface area contributed by atoms with Crippen LogP contribution in [0, 0.1) is 5.82 Å². The first-order chi connectivity index (χ1) is 18.8. The molecule has 0 aliphatic heterocycles. The van der Waals surface area contributed by atoms with Gasteiger partial charge in [-0.05, 0) is 62.2 Å². The molecule has 0 saturated heterocycles. The standard InChI is InChI=1S/C28H27F4N3O4S/c1-27(2,3)40(38)34-15-22-26(29)20(8-10-33-22)21-12-17(13-23-19(21)9-11-35(23)28(30,31)32)16-39-24-7-5-4-6-18(24)14-25(36)37/h4-13,34H,14-16H2,1-3H3,(H,36,37). The van der Waals surface area contributed by atoms with E-state index in [-0.39, 0.29) is 57.6 Å². The summed E-state index contributed by atoms with van der Waals surface area (Å²) in [5.41, 5.74) is 0.679. The van der Waals surface area contributed by atoms with Gasteiger partial charge in [-0.3, -0.25) is 14.3 Å². The zero-order valence-electron chi connectivity index (χ0n) is 21.9. The van der Waals surface area contributed by atoms with Gasteiger partial charge in [0.2, 0.25) is 0 Å². The Kier molecular flexibility index (Phi) is 8.43. The van der Waals surface area contributed by atoms with Crippen molar-refractivity contribution in [2.45, 2.75) is 51.4 Å². The Hall–Kier alpha value is -3.61. The number of hydrogen-bond acceptors (Lipinski definition) is 5. The Morgan fingerprint density at radius 3 is 2.52 bits per heavy atom. The second kappa shape index (κ2) is 11.5. The van der Waals surface area contributed by atoms with E-state index < -0.39 is 34.2 Å². The van der Waals surface area contributed by atoms with Crippen molar-refractivity contribution >= 4 is 28.2 Å². The van der Waals surface area contributed by atoms with Gasteiger partial charge in [0, 0.05) is 40.3 Å². The number of aromatic nitrogens is 2. The van der Waals surface area contributed by atoms with Crippen molar-refractivity contribution in [2.75, 3.05) is 0 Å². The number of para-hydroxylation sites is 1. The van der Waals surface area contributed by atoms with E-state index >= 15 is 4.39 Å². The van der Waals surface area contributed by atoms with Crippen molar-refractivity contribution in [3.63, 3.8) is 0 Å². The molecule has 1 unspecified atom stereocenters. The maximum Gasteiger partial charge on any atom is 0.488 e. The summed E-state index contributed by atoms with van der Waals surface area (Å²) in [6.07, 6.45) is -2.81. The molecule has 1 atom stereocenters. The maximum atomic E-state index is 15.7. The molecule has 7 nitrogen and oxygen atoms in total. The average Bonchev–Trinajstić information content (AvgIpc) is 3.31. The summed E-state index contributed by atoms with van der Waals surface area (Å²) in [7, 11) is 0. The summed E-state index contributed by atoms with van der Waals surface area (Å²) in [6, 6.07) is 11.9. The minimum absolute atomic E-state index is 0.0198. The van der Waals surface area contributed by atoms with Gasteiger partial charge in [-0.25, -0.2) is 4.39 Å². The Morgan fingerprint density at radius 2 is 1.85 bits per heavy atom. The van der Waals surface area contributed by atoms with Crippen LogP contribution in [-0.2, 0) is 42.0 Å². The highest BCUT2D eigenvalue weighted by Crippen LogP contribution is 2.37. The number of benzene rings is 2. The van der Waals surface area contributed by atoms with Crippen molar-refractivity contribution in [1.82, 2.24) is 14.3 Å². The minimum Gasteiger partial charge on any atom is -0.598 e. The highest BCUT2D eigenvalue weighted by Gasteiger charge is 2.32. The highest BCUT2D eigenvalue weighted by atomic mass is 32.2. The number of nitrogens with zero attached hydrogens (tertiary/aromatic N) is 2. The van der Waals surface area contributed by atoms with Crippen LogP contribution in [0.25, 0.3) is 22.0 Å². The number of carboxylic acids is 1. The predicted molar refractivity (Wildman–Crippen MR) is 143 cm³/mol. The lowest BCUT2D eigenvalue weighted by molar-refractivity contribution is -0.200. The molecule has 0 fully saturated rings. The van der Waals surface area contributed by atoms with E-state index in [2.05, 4.69) is 9.71 Å². The van der Waals surface area contributed by atoms with Crippen LogP contribution < -0.4 is 9.46 Å². The summed E-state index contributed by atoms with van der Waals surface area (Å²) < 4.78 is 77.6. The van der Waals surface area contributed by atoms with Crippen LogP contribution in [0.1, 0.15) is 37.6 Å². The molecule has 12 heteroatoms. The Bertz CT molecular complexity index is 1530. The van der Waals surface area contributed by atoms with E-state index in [0.29, 0.717) is 11.1 Å². The minimum atomic E-state index is -4.73. The fraction of sp³-hybridized carbons (Fsp3) is 0.286. The SMILES string of the molecule is CC(C)(C)[S+]([O-])NCc1nccc(-c2cc(COc3ccccc3CC(=O)O)cc3c2ccn3C(F)(F)F)c1F. The largest absolute Gasteiger partial charge is 0.598 e. The van der Waals surface area contributed by atoms with Gasteiger partial charge in [0.1, 0.15) is 17.1 Å². The van der Waals surface area contributed by atoms with Gasteiger partial charge in [0.05, 0.1) is 24.2 Å². The number of hydrogen-bond donors (Lipinski definition) is 2. The molecule has 2 aromatic heterocycles. The van der Waals surface area contributed by atoms with E-state index in [1.54, 1.807) is 45.0 Å². The first-order valence-corrected chi connectivity index (χ1v) is 13.3. The van der Waals surface area contributed by atoms with Crippen molar-refractivity contribution in [2.24, 2.45) is 0 Å². The van der Waals surface area contributed by atoms with Crippen LogP contribution in [0.3, 0.4) is 0 Å². The average molecular weight is 578 g/mol. The number of nitrogens with one attached hydrogen (secondary N) is 1. The second-order valence-corrected chi connectivity index (χ2v) is 12.1. The summed E-state index contributed by atoms with van der Waals surface area (Å²) in [4.78, 5) is 15.3. The van der Waals surface area contributed by atoms with Crippen molar-refractivity contribution in [3.8, 4) is 16.9 Å². The number of carboxylic acid groups (broad SMARTS) is 1. The number of carbonyl (C=O) groups is 1. The summed E-state index contributed by atoms with van der Waals surface area (Å²) in [5, 5.41) is 9.33. The zero-order valence-corrected chi connectivity index (χ0v) is 22.7. The quantitative estimate of drug-likeness (QED) is 0.185. The van der Waals surface area contributed by atoms with Gasteiger partial charge in [0.25, 0.3) is 0 Å². The molecule has 0 aliphatic carbocycles. The third-order valence-electron chi connectivity index (χ3n) is 6.03. The second-order valence-electron chi connectivity index (χ2n) is 10.0. The Morgan fingerprint density at radius 1 is 1.12 bits per heavy atom. The Balaban J connectivity index is 1.76. The first kappa shape index (κ1) is 29.4. The molecule has 4 aromatic rings. The van der Waals surface area contributed by atoms with Gasteiger partial charge in [-0.1, -0.05) is 18.2 Å². The molecule has 0 spiro atoms. The van der Waals surface area contributed by atoms with Crippen LogP contribution in [0.4, 0.5) is 17.6 Å². The van der Waals surface area contributed by atoms with Crippen LogP contribution >= 0.6 is 0 Å². The van der Waals surface area contributed by atoms with E-state index in [9.17, 15) is 27.6 Å². The lowest BCUT2D eigenvalue weighted by Crippen LogP contribution is -2.39. The lowest BCUT2D eigenvalue weighted by Gasteiger charge is -2.23. The maximum absolute atomic E-state index is 15.7. The van der Waals surface area contributed by atoms with Gasteiger partial charge in [0.15, 0.2) is 5.82 Å². The number of aliphatic carboxylic acids is 1. The number of ether oxygens (including phenoxy) is 1. The fourth-order valence-electron chi connectivity index (χ4n) is 4.11. The molecule has 0 amide bonds. The van der Waals surface area contributed by atoms with Crippen molar-refractivity contribution in [1.29, 1.82) is 0 Å². The number of halogens is 4. The molecule has 4 rings (SSSR count). The monoisotopic (exact) mass is 577 g/mol.